The van der Waals surface area contributed by atoms with Crippen molar-refractivity contribution in [1.82, 2.24) is 20.9 Å². The van der Waals surface area contributed by atoms with E-state index in [9.17, 15) is 39.3 Å². The summed E-state index contributed by atoms with van der Waals surface area (Å²) in [6, 6.07) is -3.56. The van der Waals surface area contributed by atoms with Crippen molar-refractivity contribution >= 4 is 29.6 Å². The van der Waals surface area contributed by atoms with Crippen LogP contribution in [0.4, 0.5) is 4.79 Å². The van der Waals surface area contributed by atoms with Gasteiger partial charge in [-0.1, -0.05) is 174 Å². The van der Waals surface area contributed by atoms with Crippen LogP contribution < -0.4 is 21.7 Å². The second-order valence-corrected chi connectivity index (χ2v) is 21.5. The van der Waals surface area contributed by atoms with Crippen molar-refractivity contribution in [2.45, 2.75) is 296 Å². The number of carbonyl (C=O) groups is 5. The van der Waals surface area contributed by atoms with Gasteiger partial charge in [-0.2, -0.15) is 0 Å². The number of rotatable bonds is 41. The molecule has 0 aromatic heterocycles. The Morgan fingerprint density at radius 1 is 0.606 bits per heavy atom. The summed E-state index contributed by atoms with van der Waals surface area (Å²) in [6.45, 7) is 13.1. The zero-order valence-corrected chi connectivity index (χ0v) is 46.0. The Kier molecular flexibility index (Phi) is 35.7. The first-order chi connectivity index (χ1) is 33.8. The maximum Gasteiger partial charge on any atom is 0.408 e. The molecule has 414 valence electrons. The maximum atomic E-state index is 14.4. The minimum absolute atomic E-state index is 0.114. The normalized spacial score (nSPS) is 20.6. The van der Waals surface area contributed by atoms with Crippen LogP contribution in [0.15, 0.2) is 12.2 Å². The zero-order chi connectivity index (χ0) is 53.1. The number of ketones is 1. The molecule has 0 unspecified atom stereocenters. The molecule has 8 atom stereocenters. The number of aliphatic hydroxyl groups is 3. The van der Waals surface area contributed by atoms with Gasteiger partial charge in [0.2, 0.25) is 23.6 Å². The number of alkyl carbamates (subject to hydrolysis) is 1. The first-order valence-electron chi connectivity index (χ1n) is 28.4. The van der Waals surface area contributed by atoms with Crippen molar-refractivity contribution in [2.24, 2.45) is 11.7 Å². The van der Waals surface area contributed by atoms with Crippen molar-refractivity contribution in [1.29, 1.82) is 0 Å². The average Bonchev–Trinajstić information content (AvgIpc) is 3.31. The van der Waals surface area contributed by atoms with E-state index < -0.39 is 84.1 Å². The van der Waals surface area contributed by atoms with Crippen LogP contribution in [0.1, 0.15) is 248 Å². The molecule has 1 heterocycles. The van der Waals surface area contributed by atoms with Gasteiger partial charge in [0.1, 0.15) is 35.8 Å². The van der Waals surface area contributed by atoms with Crippen LogP contribution in [0, 0.1) is 5.92 Å². The van der Waals surface area contributed by atoms with Crippen LogP contribution >= 0.6 is 0 Å². The summed E-state index contributed by atoms with van der Waals surface area (Å²) in [5.74, 6) is -6.62. The molecule has 4 amide bonds. The van der Waals surface area contributed by atoms with Gasteiger partial charge < -0.3 is 45.6 Å². The highest BCUT2D eigenvalue weighted by Crippen LogP contribution is 2.37. The largest absolute Gasteiger partial charge is 0.444 e. The van der Waals surface area contributed by atoms with Gasteiger partial charge >= 0.3 is 6.09 Å². The lowest BCUT2D eigenvalue weighted by Gasteiger charge is -2.53. The number of nitrogens with two attached hydrogens (primary N) is 1. The minimum Gasteiger partial charge on any atom is -0.444 e. The molecule has 0 radical (unpaired) electrons. The summed E-state index contributed by atoms with van der Waals surface area (Å²) in [7, 11) is 0. The van der Waals surface area contributed by atoms with E-state index in [1.165, 1.54) is 135 Å². The van der Waals surface area contributed by atoms with E-state index in [-0.39, 0.29) is 18.9 Å². The number of Topliss-reactive ketones (excluding diaryl/α,β-unsaturated/α-hetero) is 1. The van der Waals surface area contributed by atoms with Gasteiger partial charge in [0.25, 0.3) is 0 Å². The lowest BCUT2D eigenvalue weighted by Crippen LogP contribution is -2.76. The lowest BCUT2D eigenvalue weighted by molar-refractivity contribution is -0.291. The van der Waals surface area contributed by atoms with Gasteiger partial charge in [-0.25, -0.2) is 4.79 Å². The number of aliphatic hydroxyl groups excluding tert-OH is 3. The van der Waals surface area contributed by atoms with Crippen LogP contribution in [0.5, 0.6) is 0 Å². The summed E-state index contributed by atoms with van der Waals surface area (Å²) in [4.78, 5) is 68.6. The molecule has 0 spiro atoms. The molecule has 8 N–H and O–H groups in total. The van der Waals surface area contributed by atoms with Crippen molar-refractivity contribution in [3.8, 4) is 0 Å². The molecule has 0 aromatic rings. The average molecular weight is 1010 g/mol. The number of hydrogen-bond acceptors (Lipinski definition) is 11. The summed E-state index contributed by atoms with van der Waals surface area (Å²) < 4.78 is 11.4. The molecule has 1 aliphatic heterocycles. The van der Waals surface area contributed by atoms with Gasteiger partial charge in [-0.15, -0.1) is 0 Å². The first kappa shape index (κ1) is 65.9. The lowest BCUT2D eigenvalue weighted by atomic mass is 9.80. The molecule has 0 saturated carbocycles. The number of nitrogens with one attached hydrogen (secondary N) is 3. The fourth-order valence-electron chi connectivity index (χ4n) is 9.22. The van der Waals surface area contributed by atoms with Crippen LogP contribution in [0.3, 0.4) is 0 Å². The predicted octanol–water partition coefficient (Wildman–Crippen LogP) is 9.95. The molecule has 0 aromatic carbocycles. The molecule has 1 saturated heterocycles. The van der Waals surface area contributed by atoms with Crippen LogP contribution in [0.2, 0.25) is 0 Å². The Hall–Kier alpha value is -3.11. The smallest absolute Gasteiger partial charge is 0.408 e. The molecule has 1 fully saturated rings. The Balaban J connectivity index is 3.03. The third-order valence-corrected chi connectivity index (χ3v) is 13.6. The van der Waals surface area contributed by atoms with Crippen LogP contribution in [0.25, 0.3) is 0 Å². The van der Waals surface area contributed by atoms with Crippen molar-refractivity contribution in [3.05, 3.63) is 12.2 Å². The van der Waals surface area contributed by atoms with E-state index >= 15 is 0 Å². The zero-order valence-electron chi connectivity index (χ0n) is 46.0. The molecular formula is C56H105N5O10. The van der Waals surface area contributed by atoms with Crippen LogP contribution in [-0.4, -0.2) is 111 Å². The highest BCUT2D eigenvalue weighted by molar-refractivity contribution is 5.95. The van der Waals surface area contributed by atoms with Gasteiger partial charge in [-0.3, -0.25) is 24.9 Å². The minimum atomic E-state index is -2.28. The second kappa shape index (κ2) is 38.5. The Labute approximate surface area is 430 Å². The number of allylic oxidation sites excluding steroid dienone is 2. The Morgan fingerprint density at radius 2 is 1.00 bits per heavy atom. The van der Waals surface area contributed by atoms with Crippen molar-refractivity contribution < 1.29 is 48.8 Å². The maximum absolute atomic E-state index is 14.4. The predicted molar refractivity (Wildman–Crippen MR) is 284 cm³/mol. The highest BCUT2D eigenvalue weighted by atomic mass is 16.6. The number of nitrogens with zero attached hydrogens (tertiary/aromatic N) is 1. The van der Waals surface area contributed by atoms with E-state index in [0.29, 0.717) is 12.8 Å². The Morgan fingerprint density at radius 3 is 1.44 bits per heavy atom. The number of ether oxygens (including phenoxy) is 2. The fourth-order valence-corrected chi connectivity index (χ4v) is 9.22. The summed E-state index contributed by atoms with van der Waals surface area (Å²) in [6.07, 6.45) is 32.0. The van der Waals surface area contributed by atoms with Gasteiger partial charge in [0, 0.05) is 13.0 Å². The number of unbranched alkanes of at least 4 members (excludes halogenated alkanes) is 26. The van der Waals surface area contributed by atoms with Crippen molar-refractivity contribution in [2.75, 3.05) is 13.2 Å². The third kappa shape index (κ3) is 28.2. The summed E-state index contributed by atoms with van der Waals surface area (Å²) in [5, 5.41) is 40.5. The fraction of sp³-hybridized carbons (Fsp3) is 0.875. The van der Waals surface area contributed by atoms with E-state index in [0.717, 1.165) is 64.2 Å². The number of amides is 4. The molecule has 0 bridgehead atoms. The molecular weight excluding hydrogens is 903 g/mol. The standard InChI is InChI=1S/C56H105N5O10/c1-9-11-13-15-17-19-21-23-25-27-29-31-33-35-37-39-41-61(47(63)40-38-36-34-32-30-28-26-24-22-20-18-16-14-12-10-2)56(57)48(51(66)50(65)46(42-62)70-56)49(64)43(3)58-52(67)44(4)59-53(68)45(5)60-54(69)71-55(6,7)8/h24,26,43-46,48,50-51,62,65-66H,9-23,25,27-42,57H2,1-8H3,(H,58,67)(H,59,68)(H,60,69)/b26-24-/t43-,44-,45-,46+,48+,50+,51+,56-/m0/s1. The summed E-state index contributed by atoms with van der Waals surface area (Å²) in [5.41, 5.74) is 6.27. The van der Waals surface area contributed by atoms with E-state index in [1.54, 1.807) is 20.8 Å². The van der Waals surface area contributed by atoms with E-state index in [1.807, 2.05) is 0 Å². The topological polar surface area (TPSA) is 230 Å². The number of hydrogen-bond donors (Lipinski definition) is 7. The molecule has 0 aliphatic carbocycles. The molecule has 15 heteroatoms. The molecule has 1 aliphatic rings. The van der Waals surface area contributed by atoms with Gasteiger partial charge in [0.05, 0.1) is 18.8 Å². The Bertz CT molecular complexity index is 1490. The number of carbonyl (C=O) groups excluding carboxylic acids is 5. The third-order valence-electron chi connectivity index (χ3n) is 13.6. The quantitative estimate of drug-likeness (QED) is 0.0173. The van der Waals surface area contributed by atoms with Crippen LogP contribution in [-0.2, 0) is 28.7 Å². The summed E-state index contributed by atoms with van der Waals surface area (Å²) >= 11 is 0. The molecule has 15 nitrogen and oxygen atoms in total. The highest BCUT2D eigenvalue weighted by Gasteiger charge is 2.59. The van der Waals surface area contributed by atoms with Gasteiger partial charge in [0.15, 0.2) is 5.78 Å². The van der Waals surface area contributed by atoms with Gasteiger partial charge in [-0.05, 0) is 80.1 Å². The first-order valence-corrected chi connectivity index (χ1v) is 28.4. The van der Waals surface area contributed by atoms with E-state index in [2.05, 4.69) is 41.9 Å². The SMILES string of the molecule is CCCCCCCC/C=C\CCCCCCCC(=O)N(CCCCCCCCCCCCCCCCCC)[C@]1(N)O[C@H](CO)[C@@H](O)[C@H](O)[C@H]1C(=O)[C@H](C)NC(=O)[C@H](C)NC(=O)[C@H](C)NC(=O)OC(C)(C)C. The molecule has 71 heavy (non-hydrogen) atoms. The van der Waals surface area contributed by atoms with Crippen molar-refractivity contribution in [3.63, 3.8) is 0 Å². The second-order valence-electron chi connectivity index (χ2n) is 21.5. The van der Waals surface area contributed by atoms with E-state index in [4.69, 9.17) is 15.2 Å². The molecule has 1 rings (SSSR count). The monoisotopic (exact) mass is 1010 g/mol.